The summed E-state index contributed by atoms with van der Waals surface area (Å²) in [6, 6.07) is 5.78. The number of rotatable bonds is 4. The molecule has 2 aliphatic rings. The van der Waals surface area contributed by atoms with Gasteiger partial charge in [-0.05, 0) is 55.4 Å². The molecule has 1 N–H and O–H groups in total. The third kappa shape index (κ3) is 3.25. The van der Waals surface area contributed by atoms with Crippen LogP contribution >= 0.6 is 24.0 Å². The lowest BCUT2D eigenvalue weighted by Crippen LogP contribution is -2.44. The Hall–Kier alpha value is -1.31. The molecular formula is C17H20N2O3S2. The molecule has 4 rings (SSSR count). The molecule has 0 saturated carbocycles. The lowest BCUT2D eigenvalue weighted by Gasteiger charge is -2.30. The van der Waals surface area contributed by atoms with Gasteiger partial charge in [0.2, 0.25) is 0 Å². The van der Waals surface area contributed by atoms with Crippen LogP contribution in [-0.2, 0) is 4.74 Å². The Morgan fingerprint density at radius 2 is 2.33 bits per heavy atom. The topological polar surface area (TPSA) is 58.5 Å². The smallest absolute Gasteiger partial charge is 0.266 e. The van der Waals surface area contributed by atoms with Crippen molar-refractivity contribution in [1.29, 1.82) is 0 Å². The van der Waals surface area contributed by atoms with Crippen LogP contribution in [0.5, 0.6) is 0 Å². The van der Waals surface area contributed by atoms with Crippen molar-refractivity contribution in [3.8, 4) is 0 Å². The first-order valence-corrected chi connectivity index (χ1v) is 9.90. The van der Waals surface area contributed by atoms with Crippen molar-refractivity contribution in [2.24, 2.45) is 0 Å². The first kappa shape index (κ1) is 16.2. The van der Waals surface area contributed by atoms with Crippen molar-refractivity contribution in [3.05, 3.63) is 28.6 Å². The summed E-state index contributed by atoms with van der Waals surface area (Å²) in [4.78, 5) is 18.5. The fraction of sp³-hybridized carbons (Fsp3) is 0.529. The van der Waals surface area contributed by atoms with Crippen LogP contribution in [0.3, 0.4) is 0 Å². The van der Waals surface area contributed by atoms with Crippen LogP contribution in [-0.4, -0.2) is 52.6 Å². The van der Waals surface area contributed by atoms with Gasteiger partial charge in [0.15, 0.2) is 5.58 Å². The molecule has 1 amide bonds. The Bertz CT molecular complexity index is 788. The maximum atomic E-state index is 13.2. The zero-order chi connectivity index (χ0) is 16.5. The van der Waals surface area contributed by atoms with Gasteiger partial charge in [0, 0.05) is 30.5 Å². The maximum Gasteiger partial charge on any atom is 0.266 e. The average Bonchev–Trinajstić information content (AvgIpc) is 3.31. The lowest BCUT2D eigenvalue weighted by atomic mass is 10.1. The van der Waals surface area contributed by atoms with Crippen LogP contribution in [0.1, 0.15) is 29.6 Å². The molecule has 5 nitrogen and oxygen atoms in total. The van der Waals surface area contributed by atoms with Gasteiger partial charge in [0.25, 0.3) is 10.7 Å². The number of carbonyl (C=O) groups is 1. The first-order chi connectivity index (χ1) is 11.7. The molecule has 0 aliphatic carbocycles. The van der Waals surface area contributed by atoms with Gasteiger partial charge in [0.05, 0.1) is 11.6 Å². The molecule has 1 aromatic carbocycles. The van der Waals surface area contributed by atoms with Crippen LogP contribution in [0.4, 0.5) is 0 Å². The molecule has 7 heteroatoms. The van der Waals surface area contributed by atoms with E-state index in [0.717, 1.165) is 42.9 Å². The molecular weight excluding hydrogens is 344 g/mol. The van der Waals surface area contributed by atoms with E-state index in [1.54, 1.807) is 6.07 Å². The third-order valence-electron chi connectivity index (χ3n) is 4.70. The van der Waals surface area contributed by atoms with E-state index >= 15 is 0 Å². The summed E-state index contributed by atoms with van der Waals surface area (Å²) in [5.74, 6) is 2.18. The van der Waals surface area contributed by atoms with Crippen molar-refractivity contribution in [3.63, 3.8) is 0 Å². The Morgan fingerprint density at radius 1 is 1.42 bits per heavy atom. The highest BCUT2D eigenvalue weighted by molar-refractivity contribution is 7.99. The van der Waals surface area contributed by atoms with Crippen LogP contribution in [0.25, 0.3) is 11.1 Å². The zero-order valence-electron chi connectivity index (χ0n) is 13.3. The maximum absolute atomic E-state index is 13.2. The van der Waals surface area contributed by atoms with E-state index in [4.69, 9.17) is 21.4 Å². The highest BCUT2D eigenvalue weighted by atomic mass is 32.2. The number of ether oxygens (including phenoxy) is 1. The van der Waals surface area contributed by atoms with E-state index in [1.165, 1.54) is 0 Å². The summed E-state index contributed by atoms with van der Waals surface area (Å²) in [6.07, 6.45) is 3.34. The summed E-state index contributed by atoms with van der Waals surface area (Å²) in [6.45, 7) is 1.49. The second-order valence-electron chi connectivity index (χ2n) is 6.34. The van der Waals surface area contributed by atoms with Crippen molar-refractivity contribution in [2.75, 3.05) is 24.7 Å². The SMILES string of the molecule is O=C(c1ccc2[nH]c(=S)oc2c1)N(C[C@H]1CCCO1)[C@@H]1CCSC1. The Morgan fingerprint density at radius 3 is 3.08 bits per heavy atom. The summed E-state index contributed by atoms with van der Waals surface area (Å²) in [7, 11) is 0. The highest BCUT2D eigenvalue weighted by Crippen LogP contribution is 2.26. The van der Waals surface area contributed by atoms with E-state index in [-0.39, 0.29) is 12.0 Å². The number of oxazole rings is 1. The third-order valence-corrected chi connectivity index (χ3v) is 6.03. The minimum Gasteiger partial charge on any atom is -0.429 e. The summed E-state index contributed by atoms with van der Waals surface area (Å²) >= 11 is 6.93. The van der Waals surface area contributed by atoms with Gasteiger partial charge in [-0.1, -0.05) is 0 Å². The molecule has 2 saturated heterocycles. The number of amides is 1. The standard InChI is InChI=1S/C17H20N2O3S2/c20-16(11-3-4-14-15(8-11)22-17(23)18-14)19(12-5-7-24-10-12)9-13-2-1-6-21-13/h3-4,8,12-13H,1-2,5-7,9-10H2,(H,18,23)/t12-,13-/m1/s1. The van der Waals surface area contributed by atoms with Crippen LogP contribution < -0.4 is 0 Å². The quantitative estimate of drug-likeness (QED) is 0.840. The molecule has 0 spiro atoms. The minimum atomic E-state index is 0.0576. The minimum absolute atomic E-state index is 0.0576. The van der Waals surface area contributed by atoms with Crippen LogP contribution in [0, 0.1) is 4.84 Å². The molecule has 128 valence electrons. The monoisotopic (exact) mass is 364 g/mol. The van der Waals surface area contributed by atoms with E-state index in [9.17, 15) is 4.79 Å². The Kier molecular flexibility index (Phi) is 4.65. The number of carbonyl (C=O) groups excluding carboxylic acids is 1. The molecule has 0 unspecified atom stereocenters. The van der Waals surface area contributed by atoms with E-state index < -0.39 is 0 Å². The molecule has 3 heterocycles. The van der Waals surface area contributed by atoms with Crippen molar-refractivity contribution < 1.29 is 13.9 Å². The van der Waals surface area contributed by atoms with Gasteiger partial charge in [-0.2, -0.15) is 11.8 Å². The van der Waals surface area contributed by atoms with E-state index in [1.807, 2.05) is 28.8 Å². The van der Waals surface area contributed by atoms with Gasteiger partial charge in [-0.25, -0.2) is 0 Å². The lowest BCUT2D eigenvalue weighted by molar-refractivity contribution is 0.0442. The number of aromatic nitrogens is 1. The molecule has 2 fully saturated rings. The van der Waals surface area contributed by atoms with Crippen molar-refractivity contribution in [2.45, 2.75) is 31.4 Å². The number of nitrogens with zero attached hydrogens (tertiary/aromatic N) is 1. The molecule has 0 bridgehead atoms. The first-order valence-electron chi connectivity index (χ1n) is 8.34. The summed E-state index contributed by atoms with van der Waals surface area (Å²) in [5, 5.41) is 0. The predicted octanol–water partition coefficient (Wildman–Crippen LogP) is 3.62. The molecule has 24 heavy (non-hydrogen) atoms. The number of thioether (sulfide) groups is 1. The Labute approximate surface area is 149 Å². The van der Waals surface area contributed by atoms with Gasteiger partial charge >= 0.3 is 0 Å². The van der Waals surface area contributed by atoms with E-state index in [2.05, 4.69) is 4.98 Å². The van der Waals surface area contributed by atoms with E-state index in [0.29, 0.717) is 28.6 Å². The number of H-pyrrole nitrogens is 1. The number of hydrogen-bond acceptors (Lipinski definition) is 5. The van der Waals surface area contributed by atoms with Gasteiger partial charge in [-0.15, -0.1) is 0 Å². The molecule has 2 aromatic rings. The molecule has 2 aliphatic heterocycles. The normalized spacial score (nSPS) is 23.8. The number of aromatic amines is 1. The molecule has 2 atom stereocenters. The fourth-order valence-electron chi connectivity index (χ4n) is 3.42. The molecule has 0 radical (unpaired) electrons. The summed E-state index contributed by atoms with van der Waals surface area (Å²) in [5.41, 5.74) is 2.09. The summed E-state index contributed by atoms with van der Waals surface area (Å²) < 4.78 is 11.2. The number of nitrogens with one attached hydrogen (secondary N) is 1. The van der Waals surface area contributed by atoms with Crippen molar-refractivity contribution >= 4 is 41.0 Å². The average molecular weight is 364 g/mol. The van der Waals surface area contributed by atoms with Crippen LogP contribution in [0.15, 0.2) is 22.6 Å². The highest BCUT2D eigenvalue weighted by Gasteiger charge is 2.31. The second kappa shape index (κ2) is 6.90. The zero-order valence-corrected chi connectivity index (χ0v) is 15.0. The second-order valence-corrected chi connectivity index (χ2v) is 7.86. The van der Waals surface area contributed by atoms with Gasteiger partial charge in [0.1, 0.15) is 0 Å². The van der Waals surface area contributed by atoms with Crippen molar-refractivity contribution in [1.82, 2.24) is 9.88 Å². The number of hydrogen-bond donors (Lipinski definition) is 1. The molecule has 1 aromatic heterocycles. The Balaban J connectivity index is 1.61. The van der Waals surface area contributed by atoms with Gasteiger partial charge < -0.3 is 19.0 Å². The van der Waals surface area contributed by atoms with Crippen LogP contribution in [0.2, 0.25) is 0 Å². The fourth-order valence-corrected chi connectivity index (χ4v) is 4.84. The number of benzene rings is 1. The number of fused-ring (bicyclic) bond motifs is 1. The van der Waals surface area contributed by atoms with Gasteiger partial charge in [-0.3, -0.25) is 4.79 Å². The predicted molar refractivity (Wildman–Crippen MR) is 97.1 cm³/mol. The largest absolute Gasteiger partial charge is 0.429 e.